The highest BCUT2D eigenvalue weighted by molar-refractivity contribution is 6.33. The highest BCUT2D eigenvalue weighted by Crippen LogP contribution is 2.31. The Hall–Kier alpha value is -2.02. The van der Waals surface area contributed by atoms with Gasteiger partial charge in [0.1, 0.15) is 11.5 Å². The van der Waals surface area contributed by atoms with Crippen LogP contribution in [-0.2, 0) is 16.0 Å². The lowest BCUT2D eigenvalue weighted by atomic mass is 9.92. The van der Waals surface area contributed by atoms with E-state index >= 15 is 0 Å². The number of piperidine rings is 1. The summed E-state index contributed by atoms with van der Waals surface area (Å²) in [5.41, 5.74) is 2.04. The summed E-state index contributed by atoms with van der Waals surface area (Å²) in [4.78, 5) is 17.0. The summed E-state index contributed by atoms with van der Waals surface area (Å²) >= 11 is 6.44. The smallest absolute Gasteiger partial charge is 0.143 e. The summed E-state index contributed by atoms with van der Waals surface area (Å²) in [6, 6.07) is 9.65. The van der Waals surface area contributed by atoms with E-state index < -0.39 is 5.67 Å². The van der Waals surface area contributed by atoms with Gasteiger partial charge in [0.05, 0.1) is 5.02 Å². The van der Waals surface area contributed by atoms with Gasteiger partial charge < -0.3 is 15.4 Å². The molecule has 0 spiro atoms. The first-order valence-electron chi connectivity index (χ1n) is 11.0. The number of benzene rings is 1. The van der Waals surface area contributed by atoms with Crippen LogP contribution in [0, 0.1) is 5.92 Å². The molecule has 1 aromatic carbocycles. The Balaban J connectivity index is 1.46. The molecule has 2 aromatic rings. The molecule has 7 heteroatoms. The molecular weight excluding hydrogens is 417 g/mol. The first-order chi connectivity index (χ1) is 15.0. The van der Waals surface area contributed by atoms with Crippen molar-refractivity contribution < 1.29 is 13.9 Å². The molecular formula is C24H29ClFN3O2. The molecule has 4 rings (SSSR count). The van der Waals surface area contributed by atoms with E-state index in [9.17, 15) is 9.18 Å². The molecule has 1 aromatic heterocycles. The summed E-state index contributed by atoms with van der Waals surface area (Å²) in [5, 5.41) is 7.04. The van der Waals surface area contributed by atoms with E-state index in [1.54, 1.807) is 6.20 Å². The van der Waals surface area contributed by atoms with E-state index in [2.05, 4.69) is 15.6 Å². The van der Waals surface area contributed by atoms with Gasteiger partial charge in [-0.05, 0) is 43.1 Å². The monoisotopic (exact) mass is 445 g/mol. The number of hydrogen-bond donors (Lipinski definition) is 2. The number of nitrogens with one attached hydrogen (secondary N) is 2. The molecule has 0 radical (unpaired) electrons. The van der Waals surface area contributed by atoms with Gasteiger partial charge in [-0.2, -0.15) is 0 Å². The summed E-state index contributed by atoms with van der Waals surface area (Å²) in [6.45, 7) is 2.90. The van der Waals surface area contributed by atoms with Crippen LogP contribution in [0.1, 0.15) is 31.4 Å². The summed E-state index contributed by atoms with van der Waals surface area (Å²) in [5.74, 6) is 0.272. The molecule has 2 N–H and O–H groups in total. The number of ether oxygens (including phenoxy) is 1. The van der Waals surface area contributed by atoms with E-state index in [-0.39, 0.29) is 18.2 Å². The van der Waals surface area contributed by atoms with E-state index in [1.807, 2.05) is 30.3 Å². The third kappa shape index (κ3) is 5.82. The van der Waals surface area contributed by atoms with Crippen molar-refractivity contribution in [1.82, 2.24) is 10.3 Å². The van der Waals surface area contributed by atoms with Crippen molar-refractivity contribution >= 4 is 23.1 Å². The molecule has 2 aliphatic rings. The number of alkyl halides is 1. The first-order valence-corrected chi connectivity index (χ1v) is 11.4. The highest BCUT2D eigenvalue weighted by Gasteiger charge is 2.32. The molecule has 0 saturated carbocycles. The number of ketones is 1. The van der Waals surface area contributed by atoms with Crippen molar-refractivity contribution in [3.8, 4) is 11.1 Å². The topological polar surface area (TPSA) is 63.2 Å². The second kappa shape index (κ2) is 10.1. The average molecular weight is 446 g/mol. The Bertz CT molecular complexity index is 911. The zero-order chi connectivity index (χ0) is 21.7. The highest BCUT2D eigenvalue weighted by atomic mass is 35.5. The zero-order valence-electron chi connectivity index (χ0n) is 17.6. The number of pyridine rings is 1. The van der Waals surface area contributed by atoms with E-state index in [0.29, 0.717) is 37.5 Å². The third-order valence-corrected chi connectivity index (χ3v) is 6.49. The normalized spacial score (nSPS) is 20.9. The van der Waals surface area contributed by atoms with E-state index in [4.69, 9.17) is 16.3 Å². The molecule has 0 bridgehead atoms. The fourth-order valence-electron chi connectivity index (χ4n) is 4.22. The summed E-state index contributed by atoms with van der Waals surface area (Å²) in [6.07, 6.45) is 4.69. The number of hydrogen-bond acceptors (Lipinski definition) is 5. The number of carbonyl (C=O) groups is 1. The Morgan fingerprint density at radius 2 is 2.16 bits per heavy atom. The van der Waals surface area contributed by atoms with Crippen molar-refractivity contribution in [2.45, 2.75) is 37.8 Å². The molecule has 0 aliphatic carbocycles. The SMILES string of the molecule is O=C(Cc1cc(-c2cccc(NCC3(F)CCOCC3)c2)c(Cl)cn1)[C@@H]1CCCNC1. The van der Waals surface area contributed by atoms with Gasteiger partial charge in [-0.25, -0.2) is 4.39 Å². The standard InChI is InChI=1S/C24H29ClFN3O2/c25-22-15-28-20(13-23(30)18-4-2-8-27-14-18)12-21(22)17-3-1-5-19(11-17)29-16-24(26)6-9-31-10-7-24/h1,3,5,11-12,15,18,27,29H,2,4,6-10,13-14,16H2/t18-/m1/s1. The van der Waals surface area contributed by atoms with Crippen molar-refractivity contribution in [1.29, 1.82) is 0 Å². The lowest BCUT2D eigenvalue weighted by molar-refractivity contribution is -0.122. The van der Waals surface area contributed by atoms with Gasteiger partial charge in [0, 0.05) is 74.6 Å². The van der Waals surface area contributed by atoms with E-state index in [1.165, 1.54) is 0 Å². The Morgan fingerprint density at radius 3 is 2.94 bits per heavy atom. The number of Topliss-reactive ketones (excluding diaryl/α,β-unsaturated/α-hetero) is 1. The minimum Gasteiger partial charge on any atom is -0.382 e. The number of nitrogens with zero attached hydrogens (tertiary/aromatic N) is 1. The molecule has 5 nitrogen and oxygen atoms in total. The van der Waals surface area contributed by atoms with Crippen molar-refractivity contribution in [3.63, 3.8) is 0 Å². The number of rotatable bonds is 7. The second-order valence-corrected chi connectivity index (χ2v) is 8.95. The van der Waals surface area contributed by atoms with Gasteiger partial charge in [0.15, 0.2) is 0 Å². The lowest BCUT2D eigenvalue weighted by Crippen LogP contribution is -2.38. The minimum absolute atomic E-state index is 0.0559. The van der Waals surface area contributed by atoms with Gasteiger partial charge in [-0.3, -0.25) is 9.78 Å². The summed E-state index contributed by atoms with van der Waals surface area (Å²) in [7, 11) is 0. The van der Waals surface area contributed by atoms with Crippen LogP contribution in [0.4, 0.5) is 10.1 Å². The second-order valence-electron chi connectivity index (χ2n) is 8.54. The van der Waals surface area contributed by atoms with Crippen molar-refractivity contribution in [2.75, 3.05) is 38.2 Å². The van der Waals surface area contributed by atoms with Crippen LogP contribution in [0.5, 0.6) is 0 Å². The van der Waals surface area contributed by atoms with Crippen molar-refractivity contribution in [3.05, 3.63) is 47.2 Å². The molecule has 31 heavy (non-hydrogen) atoms. The number of aromatic nitrogens is 1. The minimum atomic E-state index is -1.25. The molecule has 0 amide bonds. The van der Waals surface area contributed by atoms with Crippen LogP contribution < -0.4 is 10.6 Å². The molecule has 2 aliphatic heterocycles. The number of halogens is 2. The number of anilines is 1. The van der Waals surface area contributed by atoms with Gasteiger partial charge in [-0.1, -0.05) is 23.7 Å². The maximum atomic E-state index is 14.9. The largest absolute Gasteiger partial charge is 0.382 e. The van der Waals surface area contributed by atoms with Gasteiger partial charge in [0.2, 0.25) is 0 Å². The van der Waals surface area contributed by atoms with Crippen LogP contribution >= 0.6 is 11.6 Å². The molecule has 166 valence electrons. The summed E-state index contributed by atoms with van der Waals surface area (Å²) < 4.78 is 20.1. The fourth-order valence-corrected chi connectivity index (χ4v) is 4.43. The predicted molar refractivity (Wildman–Crippen MR) is 121 cm³/mol. The van der Waals surface area contributed by atoms with Gasteiger partial charge >= 0.3 is 0 Å². The van der Waals surface area contributed by atoms with Crippen LogP contribution in [0.15, 0.2) is 36.5 Å². The van der Waals surface area contributed by atoms with Gasteiger partial charge in [-0.15, -0.1) is 0 Å². The van der Waals surface area contributed by atoms with Crippen LogP contribution in [0.25, 0.3) is 11.1 Å². The molecule has 2 fully saturated rings. The predicted octanol–water partition coefficient (Wildman–Crippen LogP) is 4.44. The fraction of sp³-hybridized carbons (Fsp3) is 0.500. The van der Waals surface area contributed by atoms with Crippen LogP contribution in [0.2, 0.25) is 5.02 Å². The average Bonchev–Trinajstić information content (AvgIpc) is 2.80. The molecule has 2 saturated heterocycles. The maximum Gasteiger partial charge on any atom is 0.143 e. The van der Waals surface area contributed by atoms with Gasteiger partial charge in [0.25, 0.3) is 0 Å². The van der Waals surface area contributed by atoms with Crippen LogP contribution in [0.3, 0.4) is 0 Å². The lowest BCUT2D eigenvalue weighted by Gasteiger charge is -2.30. The quantitative estimate of drug-likeness (QED) is 0.659. The van der Waals surface area contributed by atoms with Crippen LogP contribution in [-0.4, -0.2) is 49.3 Å². The maximum absolute atomic E-state index is 14.9. The third-order valence-electron chi connectivity index (χ3n) is 6.19. The van der Waals surface area contributed by atoms with Crippen molar-refractivity contribution in [2.24, 2.45) is 5.92 Å². The molecule has 0 unspecified atom stereocenters. The van der Waals surface area contributed by atoms with E-state index in [0.717, 1.165) is 48.4 Å². The number of carbonyl (C=O) groups excluding carboxylic acids is 1. The molecule has 3 heterocycles. The zero-order valence-corrected chi connectivity index (χ0v) is 18.4. The Morgan fingerprint density at radius 1 is 1.32 bits per heavy atom. The Kier molecular flexibility index (Phi) is 7.20. The Labute approximate surface area is 187 Å². The molecule has 1 atom stereocenters. The first kappa shape index (κ1) is 22.2.